The van der Waals surface area contributed by atoms with E-state index in [1.54, 1.807) is 11.0 Å². The van der Waals surface area contributed by atoms with Gasteiger partial charge >= 0.3 is 12.1 Å². The van der Waals surface area contributed by atoms with E-state index in [2.05, 4.69) is 33.9 Å². The topological polar surface area (TPSA) is 76.1 Å². The van der Waals surface area contributed by atoms with Crippen molar-refractivity contribution >= 4 is 20.4 Å². The minimum atomic E-state index is -1.97. The highest BCUT2D eigenvalue weighted by Crippen LogP contribution is 2.39. The fraction of sp³-hybridized carbons (Fsp3) is 0.778. The maximum Gasteiger partial charge on any atom is 0.410 e. The van der Waals surface area contributed by atoms with Crippen LogP contribution in [0.5, 0.6) is 0 Å². The van der Waals surface area contributed by atoms with Gasteiger partial charge < -0.3 is 14.3 Å². The molecule has 144 valence electrons. The first-order chi connectivity index (χ1) is 11.1. The molecule has 1 heterocycles. The van der Waals surface area contributed by atoms with Gasteiger partial charge in [-0.2, -0.15) is 0 Å². The quantitative estimate of drug-likeness (QED) is 0.596. The van der Waals surface area contributed by atoms with E-state index in [0.717, 1.165) is 6.08 Å². The molecule has 0 radical (unpaired) electrons. The summed E-state index contributed by atoms with van der Waals surface area (Å²) in [5.74, 6) is -1.03. The molecular weight excluding hydrogens is 338 g/mol. The normalized spacial score (nSPS) is 22.5. The monoisotopic (exact) mass is 371 g/mol. The van der Waals surface area contributed by atoms with E-state index in [0.29, 0.717) is 13.0 Å². The molecule has 1 N–H and O–H groups in total. The van der Waals surface area contributed by atoms with Crippen LogP contribution in [-0.4, -0.2) is 54.7 Å². The van der Waals surface area contributed by atoms with Crippen LogP contribution in [0.25, 0.3) is 0 Å². The molecule has 0 bridgehead atoms. The summed E-state index contributed by atoms with van der Waals surface area (Å²) in [6.45, 7) is 16.7. The van der Waals surface area contributed by atoms with E-state index in [9.17, 15) is 9.59 Å². The third-order valence-corrected chi connectivity index (χ3v) is 9.20. The summed E-state index contributed by atoms with van der Waals surface area (Å²) in [6, 6.07) is -0.333. The fourth-order valence-corrected chi connectivity index (χ4v) is 3.77. The summed E-state index contributed by atoms with van der Waals surface area (Å²) < 4.78 is 11.9. The van der Waals surface area contributed by atoms with Gasteiger partial charge in [0, 0.05) is 12.6 Å². The van der Waals surface area contributed by atoms with Crippen LogP contribution in [-0.2, 0) is 14.0 Å². The molecule has 1 fully saturated rings. The van der Waals surface area contributed by atoms with Crippen molar-refractivity contribution in [3.05, 3.63) is 12.2 Å². The summed E-state index contributed by atoms with van der Waals surface area (Å²) >= 11 is 0. The molecule has 0 spiro atoms. The van der Waals surface area contributed by atoms with Gasteiger partial charge in [0.15, 0.2) is 8.32 Å². The highest BCUT2D eigenvalue weighted by atomic mass is 28.4. The van der Waals surface area contributed by atoms with Crippen molar-refractivity contribution in [1.82, 2.24) is 4.90 Å². The van der Waals surface area contributed by atoms with Crippen molar-refractivity contribution in [1.29, 1.82) is 0 Å². The molecule has 0 aromatic rings. The molecule has 1 amide bonds. The molecule has 1 rings (SSSR count). The van der Waals surface area contributed by atoms with Crippen molar-refractivity contribution in [2.45, 2.75) is 83.8 Å². The first-order valence-electron chi connectivity index (χ1n) is 8.71. The third-order valence-electron chi connectivity index (χ3n) is 4.66. The Bertz CT molecular complexity index is 531. The standard InChI is InChI=1S/C18H33NO5Si/c1-17(2,3)23-16(22)19-12-14(11-13(19)9-10-15(20)21)24-25(7,8)18(4,5)6/h9-10,13-14H,11-12H2,1-8H3,(H,20,21). The number of aliphatic carboxylic acids is 1. The van der Waals surface area contributed by atoms with Crippen molar-refractivity contribution in [2.24, 2.45) is 0 Å². The zero-order valence-corrected chi connectivity index (χ0v) is 17.8. The lowest BCUT2D eigenvalue weighted by atomic mass is 10.2. The lowest BCUT2D eigenvalue weighted by Gasteiger charge is -2.38. The molecule has 1 saturated heterocycles. The number of carbonyl (C=O) groups is 2. The SMILES string of the molecule is CC(C)(C)OC(=O)N1CC(O[Si](C)(C)C(C)(C)C)CC1C=CC(=O)O. The number of carboxylic acid groups (broad SMARTS) is 1. The predicted octanol–water partition coefficient (Wildman–Crippen LogP) is 4.03. The molecule has 0 aliphatic carbocycles. The molecule has 1 aliphatic rings. The maximum absolute atomic E-state index is 12.5. The molecule has 1 aliphatic heterocycles. The van der Waals surface area contributed by atoms with Gasteiger partial charge in [0.25, 0.3) is 0 Å². The van der Waals surface area contributed by atoms with Gasteiger partial charge in [0.1, 0.15) is 5.60 Å². The average Bonchev–Trinajstić information content (AvgIpc) is 2.75. The summed E-state index contributed by atoms with van der Waals surface area (Å²) in [4.78, 5) is 24.9. The summed E-state index contributed by atoms with van der Waals surface area (Å²) in [6.07, 6.45) is 2.65. The summed E-state index contributed by atoms with van der Waals surface area (Å²) in [5.41, 5.74) is -0.601. The first-order valence-corrected chi connectivity index (χ1v) is 11.6. The van der Waals surface area contributed by atoms with Crippen LogP contribution < -0.4 is 0 Å². The second-order valence-electron chi connectivity index (χ2n) is 9.13. The zero-order chi connectivity index (χ0) is 19.6. The molecule has 25 heavy (non-hydrogen) atoms. The Morgan fingerprint density at radius 2 is 1.72 bits per heavy atom. The number of ether oxygens (including phenoxy) is 1. The van der Waals surface area contributed by atoms with Crippen LogP contribution in [0.15, 0.2) is 12.2 Å². The van der Waals surface area contributed by atoms with Crippen molar-refractivity contribution in [3.8, 4) is 0 Å². The number of rotatable bonds is 4. The van der Waals surface area contributed by atoms with Gasteiger partial charge in [-0.05, 0) is 45.3 Å². The van der Waals surface area contributed by atoms with Crippen LogP contribution >= 0.6 is 0 Å². The number of carboxylic acids is 1. The Kier molecular flexibility index (Phi) is 6.50. The van der Waals surface area contributed by atoms with E-state index in [4.69, 9.17) is 14.3 Å². The Morgan fingerprint density at radius 3 is 2.16 bits per heavy atom. The molecule has 7 heteroatoms. The van der Waals surface area contributed by atoms with Crippen LogP contribution in [0.1, 0.15) is 48.0 Å². The lowest BCUT2D eigenvalue weighted by molar-refractivity contribution is -0.131. The highest BCUT2D eigenvalue weighted by Gasteiger charge is 2.43. The summed E-state index contributed by atoms with van der Waals surface area (Å²) in [5, 5.41) is 8.97. The van der Waals surface area contributed by atoms with E-state index in [1.807, 2.05) is 20.8 Å². The van der Waals surface area contributed by atoms with Gasteiger partial charge in [-0.15, -0.1) is 0 Å². The van der Waals surface area contributed by atoms with Gasteiger partial charge in [-0.1, -0.05) is 26.8 Å². The maximum atomic E-state index is 12.5. The Hall–Kier alpha value is -1.34. The van der Waals surface area contributed by atoms with Crippen LogP contribution in [0, 0.1) is 0 Å². The van der Waals surface area contributed by atoms with Crippen molar-refractivity contribution in [2.75, 3.05) is 6.54 Å². The van der Waals surface area contributed by atoms with Gasteiger partial charge in [0.05, 0.1) is 12.1 Å². The van der Waals surface area contributed by atoms with E-state index >= 15 is 0 Å². The molecule has 6 nitrogen and oxygen atoms in total. The molecule has 0 aromatic heterocycles. The number of hydrogen-bond acceptors (Lipinski definition) is 4. The first kappa shape index (κ1) is 21.7. The zero-order valence-electron chi connectivity index (χ0n) is 16.8. The van der Waals surface area contributed by atoms with Gasteiger partial charge in [-0.3, -0.25) is 4.90 Å². The van der Waals surface area contributed by atoms with Crippen LogP contribution in [0.2, 0.25) is 18.1 Å². The lowest BCUT2D eigenvalue weighted by Crippen LogP contribution is -2.45. The Balaban J connectivity index is 2.94. The molecule has 0 saturated carbocycles. The average molecular weight is 372 g/mol. The van der Waals surface area contributed by atoms with Crippen LogP contribution in [0.4, 0.5) is 4.79 Å². The number of carbonyl (C=O) groups excluding carboxylic acids is 1. The molecule has 2 atom stereocenters. The predicted molar refractivity (Wildman–Crippen MR) is 100 cm³/mol. The minimum absolute atomic E-state index is 0.0682. The van der Waals surface area contributed by atoms with E-state index in [-0.39, 0.29) is 17.2 Å². The fourth-order valence-electron chi connectivity index (χ4n) is 2.41. The Morgan fingerprint density at radius 1 is 1.16 bits per heavy atom. The Labute approximate surface area is 152 Å². The second kappa shape index (κ2) is 7.49. The summed E-state index contributed by atoms with van der Waals surface area (Å²) in [7, 11) is -1.97. The number of nitrogens with zero attached hydrogens (tertiary/aromatic N) is 1. The second-order valence-corrected chi connectivity index (χ2v) is 13.9. The number of amides is 1. The third kappa shape index (κ3) is 6.47. The minimum Gasteiger partial charge on any atom is -0.478 e. The largest absolute Gasteiger partial charge is 0.478 e. The number of hydrogen-bond donors (Lipinski definition) is 1. The van der Waals surface area contributed by atoms with Crippen molar-refractivity contribution < 1.29 is 23.9 Å². The van der Waals surface area contributed by atoms with Gasteiger partial charge in [-0.25, -0.2) is 9.59 Å². The highest BCUT2D eigenvalue weighted by molar-refractivity contribution is 6.74. The van der Waals surface area contributed by atoms with E-state index in [1.165, 1.54) is 0 Å². The molecule has 2 unspecified atom stereocenters. The number of likely N-dealkylation sites (tertiary alicyclic amines) is 1. The molecule has 0 aromatic carbocycles. The smallest absolute Gasteiger partial charge is 0.410 e. The van der Waals surface area contributed by atoms with Crippen molar-refractivity contribution in [3.63, 3.8) is 0 Å². The van der Waals surface area contributed by atoms with Gasteiger partial charge in [0.2, 0.25) is 0 Å². The van der Waals surface area contributed by atoms with Crippen LogP contribution in [0.3, 0.4) is 0 Å². The van der Waals surface area contributed by atoms with E-state index < -0.39 is 26.0 Å². The molecular formula is C18H33NO5Si.